The Balaban J connectivity index is 0.766. The Bertz CT molecular complexity index is 2600. The highest BCUT2D eigenvalue weighted by atomic mass is 14.4. The van der Waals surface area contributed by atoms with E-state index >= 15 is 0 Å². The molecule has 0 bridgehead atoms. The van der Waals surface area contributed by atoms with Crippen LogP contribution in [0.1, 0.15) is 182 Å². The fourth-order valence-electron chi connectivity index (χ4n) is 13.6. The van der Waals surface area contributed by atoms with Gasteiger partial charge in [-0.3, -0.25) is 0 Å². The van der Waals surface area contributed by atoms with Gasteiger partial charge in [0.15, 0.2) is 0 Å². The molecular weight excluding hydrogens is 781 g/mol. The van der Waals surface area contributed by atoms with Gasteiger partial charge in [0.2, 0.25) is 0 Å². The maximum atomic E-state index is 2.47. The zero-order valence-corrected chi connectivity index (χ0v) is 37.7. The number of benzene rings is 8. The third-order valence-electron chi connectivity index (χ3n) is 16.4. The van der Waals surface area contributed by atoms with E-state index in [0.717, 1.165) is 12.8 Å². The number of hydrogen-bond acceptors (Lipinski definition) is 0. The van der Waals surface area contributed by atoms with Crippen molar-refractivity contribution in [1.82, 2.24) is 0 Å². The average Bonchev–Trinajstić information content (AvgIpc) is 3.36. The lowest BCUT2D eigenvalue weighted by molar-refractivity contribution is 0.530. The van der Waals surface area contributed by atoms with Crippen molar-refractivity contribution in [3.05, 3.63) is 283 Å². The van der Waals surface area contributed by atoms with Crippen molar-refractivity contribution in [2.45, 2.75) is 106 Å². The SMILES string of the molecule is c1ccc2c(c1)Cc1ccccc1C2CCCC1c2ccccc2C(CCCC2c3ccccc3C(CCCC3c4ccccc4Cc4ccccc43)c3ccccc32)c2ccccc21. The minimum Gasteiger partial charge on any atom is -0.0620 e. The summed E-state index contributed by atoms with van der Waals surface area (Å²) in [5.41, 5.74) is 24.7. The van der Waals surface area contributed by atoms with Gasteiger partial charge in [0.05, 0.1) is 0 Å². The van der Waals surface area contributed by atoms with Gasteiger partial charge in [0, 0.05) is 35.5 Å². The molecule has 0 radical (unpaired) electrons. The van der Waals surface area contributed by atoms with Gasteiger partial charge in [-0.05, 0) is 140 Å². The van der Waals surface area contributed by atoms with E-state index in [1.165, 1.54) is 80.0 Å². The van der Waals surface area contributed by atoms with E-state index in [9.17, 15) is 0 Å². The van der Waals surface area contributed by atoms with Crippen molar-refractivity contribution in [3.63, 3.8) is 0 Å². The molecule has 4 aliphatic rings. The Kier molecular flexibility index (Phi) is 10.9. The van der Waals surface area contributed by atoms with Crippen LogP contribution in [0.25, 0.3) is 0 Å². The lowest BCUT2D eigenvalue weighted by atomic mass is 9.67. The van der Waals surface area contributed by atoms with E-state index in [1.807, 2.05) is 0 Å². The predicted octanol–water partition coefficient (Wildman–Crippen LogP) is 16.5. The van der Waals surface area contributed by atoms with E-state index in [0.29, 0.717) is 35.5 Å². The van der Waals surface area contributed by atoms with Crippen molar-refractivity contribution in [2.75, 3.05) is 0 Å². The molecule has 0 saturated heterocycles. The summed E-state index contributed by atoms with van der Waals surface area (Å²) in [5, 5.41) is 0. The van der Waals surface area contributed by atoms with Crippen LogP contribution < -0.4 is 0 Å². The molecule has 0 amide bonds. The molecule has 0 N–H and O–H groups in total. The molecule has 65 heavy (non-hydrogen) atoms. The summed E-state index contributed by atoms with van der Waals surface area (Å²) in [5.74, 6) is 2.66. The average molecular weight is 841 g/mol. The van der Waals surface area contributed by atoms with Crippen LogP contribution in [0.2, 0.25) is 0 Å². The molecule has 0 spiro atoms. The Hall–Kier alpha value is -6.24. The van der Waals surface area contributed by atoms with E-state index in [4.69, 9.17) is 0 Å². The first-order chi connectivity index (χ1) is 32.3. The van der Waals surface area contributed by atoms with Crippen LogP contribution in [-0.4, -0.2) is 0 Å². The van der Waals surface area contributed by atoms with E-state index in [1.54, 1.807) is 66.8 Å². The molecule has 0 nitrogen and oxygen atoms in total. The summed E-state index contributed by atoms with van der Waals surface area (Å²) < 4.78 is 0. The summed E-state index contributed by atoms with van der Waals surface area (Å²) in [6.45, 7) is 0. The topological polar surface area (TPSA) is 0 Å². The quantitative estimate of drug-likeness (QED) is 0.115. The molecule has 0 atom stereocenters. The molecule has 12 rings (SSSR count). The van der Waals surface area contributed by atoms with Gasteiger partial charge >= 0.3 is 0 Å². The normalized spacial score (nSPS) is 19.1. The van der Waals surface area contributed by atoms with Crippen LogP contribution in [-0.2, 0) is 12.8 Å². The highest BCUT2D eigenvalue weighted by Crippen LogP contribution is 2.51. The molecule has 320 valence electrons. The van der Waals surface area contributed by atoms with E-state index in [2.05, 4.69) is 194 Å². The second kappa shape index (κ2) is 17.6. The lowest BCUT2D eigenvalue weighted by Gasteiger charge is -2.37. The summed E-state index contributed by atoms with van der Waals surface area (Å²) in [6.07, 6.45) is 12.8. The molecule has 0 aliphatic heterocycles. The molecule has 0 unspecified atom stereocenters. The van der Waals surface area contributed by atoms with Gasteiger partial charge in [-0.15, -0.1) is 0 Å². The van der Waals surface area contributed by atoms with Crippen LogP contribution in [0.4, 0.5) is 0 Å². The number of hydrogen-bond donors (Lipinski definition) is 0. The highest BCUT2D eigenvalue weighted by molar-refractivity contribution is 5.56. The second-order valence-electron chi connectivity index (χ2n) is 19.8. The molecule has 0 fully saturated rings. The first kappa shape index (κ1) is 40.3. The zero-order chi connectivity index (χ0) is 43.1. The largest absolute Gasteiger partial charge is 0.0620 e. The van der Waals surface area contributed by atoms with Gasteiger partial charge in [-0.1, -0.05) is 213 Å². The summed E-state index contributed by atoms with van der Waals surface area (Å²) in [6, 6.07) is 75.0. The fourth-order valence-corrected chi connectivity index (χ4v) is 13.6. The Morgan fingerprint density at radius 1 is 0.200 bits per heavy atom. The van der Waals surface area contributed by atoms with Crippen molar-refractivity contribution >= 4 is 0 Å². The Morgan fingerprint density at radius 3 is 0.554 bits per heavy atom. The van der Waals surface area contributed by atoms with Crippen LogP contribution in [0.5, 0.6) is 0 Å². The van der Waals surface area contributed by atoms with Gasteiger partial charge in [0.25, 0.3) is 0 Å². The van der Waals surface area contributed by atoms with Gasteiger partial charge in [0.1, 0.15) is 0 Å². The number of rotatable bonds is 12. The molecule has 4 aliphatic carbocycles. The first-order valence-corrected chi connectivity index (χ1v) is 24.9. The van der Waals surface area contributed by atoms with Crippen LogP contribution in [0.3, 0.4) is 0 Å². The smallest absolute Gasteiger partial charge is 0.00952 e. The maximum Gasteiger partial charge on any atom is 0.00952 e. The molecule has 0 aromatic heterocycles. The van der Waals surface area contributed by atoms with E-state index < -0.39 is 0 Å². The standard InChI is InChI=1S/C65H60/c1-5-24-48-44(20-1)42-45-21-2-6-25-49(45)52(48)36-17-38-62-54-28-9-13-32-58(54)64(59-33-14-10-29-55(59)62)40-19-41-65-60-34-15-11-30-56(60)63(57-31-12-16-35-61(57)65)39-18-37-53-50-26-7-3-22-46(50)43-47-23-4-8-27-51(47)53/h1-16,20-35,52-53,62-65H,17-19,36-43H2. The minimum absolute atomic E-state index is 0.424. The summed E-state index contributed by atoms with van der Waals surface area (Å²) >= 11 is 0. The van der Waals surface area contributed by atoms with E-state index in [-0.39, 0.29) is 0 Å². The molecule has 0 heterocycles. The van der Waals surface area contributed by atoms with Crippen molar-refractivity contribution in [3.8, 4) is 0 Å². The van der Waals surface area contributed by atoms with Crippen molar-refractivity contribution < 1.29 is 0 Å². The second-order valence-corrected chi connectivity index (χ2v) is 19.8. The first-order valence-electron chi connectivity index (χ1n) is 24.9. The van der Waals surface area contributed by atoms with Crippen LogP contribution in [0, 0.1) is 0 Å². The summed E-state index contributed by atoms with van der Waals surface area (Å²) in [4.78, 5) is 0. The monoisotopic (exact) mass is 840 g/mol. The highest BCUT2D eigenvalue weighted by Gasteiger charge is 2.35. The van der Waals surface area contributed by atoms with Crippen LogP contribution in [0.15, 0.2) is 194 Å². The molecular formula is C65H60. The minimum atomic E-state index is 0.424. The predicted molar refractivity (Wildman–Crippen MR) is 270 cm³/mol. The zero-order valence-electron chi connectivity index (χ0n) is 37.7. The van der Waals surface area contributed by atoms with Crippen molar-refractivity contribution in [1.29, 1.82) is 0 Å². The van der Waals surface area contributed by atoms with Gasteiger partial charge in [-0.2, -0.15) is 0 Å². The number of fused-ring (bicyclic) bond motifs is 8. The van der Waals surface area contributed by atoms with Crippen molar-refractivity contribution in [2.24, 2.45) is 0 Å². The Labute approximate surface area is 387 Å². The third kappa shape index (κ3) is 7.40. The third-order valence-corrected chi connectivity index (χ3v) is 16.4. The lowest BCUT2D eigenvalue weighted by Crippen LogP contribution is -2.20. The maximum absolute atomic E-state index is 2.47. The van der Waals surface area contributed by atoms with Gasteiger partial charge < -0.3 is 0 Å². The van der Waals surface area contributed by atoms with Crippen LogP contribution >= 0.6 is 0 Å². The van der Waals surface area contributed by atoms with Gasteiger partial charge in [-0.25, -0.2) is 0 Å². The molecule has 8 aromatic carbocycles. The fraction of sp³-hybridized carbons (Fsp3) is 0.262. The Morgan fingerprint density at radius 2 is 0.354 bits per heavy atom. The molecule has 0 heteroatoms. The molecule has 0 saturated carbocycles. The molecule has 8 aromatic rings. The summed E-state index contributed by atoms with van der Waals surface area (Å²) in [7, 11) is 0.